The Morgan fingerprint density at radius 2 is 2.18 bits per heavy atom. The molecule has 0 amide bonds. The minimum Gasteiger partial charge on any atom is -0.383 e. The number of ether oxygens (including phenoxy) is 1. The van der Waals surface area contributed by atoms with Crippen molar-refractivity contribution >= 4 is 0 Å². The summed E-state index contributed by atoms with van der Waals surface area (Å²) in [4.78, 5) is 0. The number of rotatable bonds is 5. The van der Waals surface area contributed by atoms with Crippen LogP contribution in [0, 0.1) is 16.7 Å². The van der Waals surface area contributed by atoms with E-state index in [0.29, 0.717) is 13.2 Å². The number of nitriles is 1. The summed E-state index contributed by atoms with van der Waals surface area (Å²) in [6.45, 7) is 6.04. The second-order valence-corrected chi connectivity index (χ2v) is 3.17. The first kappa shape index (κ1) is 10.4. The second-order valence-electron chi connectivity index (χ2n) is 3.17. The minimum atomic E-state index is -0.270. The van der Waals surface area contributed by atoms with E-state index in [9.17, 15) is 0 Å². The molecule has 0 saturated heterocycles. The Labute approximate surface area is 68.3 Å². The van der Waals surface area contributed by atoms with Crippen LogP contribution in [0.1, 0.15) is 13.8 Å². The molecule has 0 aliphatic heterocycles. The van der Waals surface area contributed by atoms with Crippen molar-refractivity contribution in [3.05, 3.63) is 0 Å². The monoisotopic (exact) mass is 156 g/mol. The van der Waals surface area contributed by atoms with Gasteiger partial charge < -0.3 is 10.1 Å². The minimum absolute atomic E-state index is 0.270. The fourth-order valence-corrected chi connectivity index (χ4v) is 0.615. The molecule has 1 N–H and O–H groups in total. The SMILES string of the molecule is COCCNCC(C)(C)C#N. The molecule has 0 aliphatic rings. The van der Waals surface area contributed by atoms with Crippen LogP contribution in [0.25, 0.3) is 0 Å². The van der Waals surface area contributed by atoms with Gasteiger partial charge in [0.1, 0.15) is 0 Å². The Kier molecular flexibility index (Phi) is 4.84. The molecule has 0 aromatic rings. The molecule has 0 saturated carbocycles. The third kappa shape index (κ3) is 5.84. The third-order valence-corrected chi connectivity index (χ3v) is 1.35. The quantitative estimate of drug-likeness (QED) is 0.598. The van der Waals surface area contributed by atoms with Crippen LogP contribution < -0.4 is 5.32 Å². The summed E-state index contributed by atoms with van der Waals surface area (Å²) in [7, 11) is 1.66. The predicted molar refractivity (Wildman–Crippen MR) is 44.1 cm³/mol. The maximum absolute atomic E-state index is 8.63. The Morgan fingerprint density at radius 1 is 1.55 bits per heavy atom. The fourth-order valence-electron chi connectivity index (χ4n) is 0.615. The maximum atomic E-state index is 8.63. The molecule has 0 heterocycles. The molecule has 0 unspecified atom stereocenters. The Hall–Kier alpha value is -0.590. The molecule has 3 nitrogen and oxygen atoms in total. The van der Waals surface area contributed by atoms with Crippen molar-refractivity contribution in [3.8, 4) is 6.07 Å². The van der Waals surface area contributed by atoms with E-state index in [1.165, 1.54) is 0 Å². The van der Waals surface area contributed by atoms with Gasteiger partial charge in [0.15, 0.2) is 0 Å². The average molecular weight is 156 g/mol. The van der Waals surface area contributed by atoms with Gasteiger partial charge in [0.2, 0.25) is 0 Å². The van der Waals surface area contributed by atoms with Crippen LogP contribution in [0.15, 0.2) is 0 Å². The van der Waals surface area contributed by atoms with Gasteiger partial charge in [-0.15, -0.1) is 0 Å². The number of hydrogen-bond donors (Lipinski definition) is 1. The van der Waals surface area contributed by atoms with Crippen molar-refractivity contribution in [2.45, 2.75) is 13.8 Å². The van der Waals surface area contributed by atoms with Gasteiger partial charge >= 0.3 is 0 Å². The van der Waals surface area contributed by atoms with E-state index in [1.807, 2.05) is 13.8 Å². The lowest BCUT2D eigenvalue weighted by molar-refractivity contribution is 0.197. The summed E-state index contributed by atoms with van der Waals surface area (Å²) >= 11 is 0. The molecule has 0 aliphatic carbocycles. The number of nitrogens with zero attached hydrogens (tertiary/aromatic N) is 1. The summed E-state index contributed by atoms with van der Waals surface area (Å²) in [6, 6.07) is 2.21. The predicted octanol–water partition coefficient (Wildman–Crippen LogP) is 0.772. The van der Waals surface area contributed by atoms with E-state index in [1.54, 1.807) is 7.11 Å². The Morgan fingerprint density at radius 3 is 2.64 bits per heavy atom. The highest BCUT2D eigenvalue weighted by atomic mass is 16.5. The fraction of sp³-hybridized carbons (Fsp3) is 0.875. The topological polar surface area (TPSA) is 45.0 Å². The zero-order chi connectivity index (χ0) is 8.74. The Bertz CT molecular complexity index is 138. The summed E-state index contributed by atoms with van der Waals surface area (Å²) in [5, 5.41) is 11.8. The van der Waals surface area contributed by atoms with E-state index >= 15 is 0 Å². The molecular weight excluding hydrogens is 140 g/mol. The molecule has 0 atom stereocenters. The summed E-state index contributed by atoms with van der Waals surface area (Å²) in [5.74, 6) is 0. The van der Waals surface area contributed by atoms with E-state index < -0.39 is 0 Å². The largest absolute Gasteiger partial charge is 0.383 e. The third-order valence-electron chi connectivity index (χ3n) is 1.35. The van der Waals surface area contributed by atoms with E-state index in [2.05, 4.69) is 11.4 Å². The molecular formula is C8H16N2O. The molecule has 0 bridgehead atoms. The number of hydrogen-bond acceptors (Lipinski definition) is 3. The zero-order valence-corrected chi connectivity index (χ0v) is 7.48. The first-order chi connectivity index (χ1) is 5.12. The van der Waals surface area contributed by atoms with E-state index in [4.69, 9.17) is 10.00 Å². The second kappa shape index (κ2) is 5.11. The van der Waals surface area contributed by atoms with Crippen LogP contribution in [0.3, 0.4) is 0 Å². The Balaban J connectivity index is 3.32. The van der Waals surface area contributed by atoms with Gasteiger partial charge in [0.25, 0.3) is 0 Å². The molecule has 0 spiro atoms. The summed E-state index contributed by atoms with van der Waals surface area (Å²) in [6.07, 6.45) is 0. The van der Waals surface area contributed by atoms with Crippen molar-refractivity contribution in [1.82, 2.24) is 5.32 Å². The van der Waals surface area contributed by atoms with E-state index in [0.717, 1.165) is 6.54 Å². The van der Waals surface area contributed by atoms with Gasteiger partial charge in [0.05, 0.1) is 18.1 Å². The zero-order valence-electron chi connectivity index (χ0n) is 7.48. The van der Waals surface area contributed by atoms with Gasteiger partial charge in [-0.25, -0.2) is 0 Å². The van der Waals surface area contributed by atoms with Crippen LogP contribution in [0.5, 0.6) is 0 Å². The summed E-state index contributed by atoms with van der Waals surface area (Å²) in [5.41, 5.74) is -0.270. The van der Waals surface area contributed by atoms with Gasteiger partial charge in [-0.05, 0) is 13.8 Å². The normalized spacial score (nSPS) is 11.1. The van der Waals surface area contributed by atoms with Crippen LogP contribution in [0.2, 0.25) is 0 Å². The van der Waals surface area contributed by atoms with Gasteiger partial charge in [-0.1, -0.05) is 0 Å². The summed E-state index contributed by atoms with van der Waals surface area (Å²) < 4.78 is 4.84. The van der Waals surface area contributed by atoms with Gasteiger partial charge in [-0.3, -0.25) is 0 Å². The first-order valence-electron chi connectivity index (χ1n) is 3.73. The van der Waals surface area contributed by atoms with Crippen molar-refractivity contribution in [1.29, 1.82) is 5.26 Å². The molecule has 64 valence electrons. The molecule has 0 rings (SSSR count). The van der Waals surface area contributed by atoms with Crippen molar-refractivity contribution in [3.63, 3.8) is 0 Å². The van der Waals surface area contributed by atoms with Crippen LogP contribution in [-0.2, 0) is 4.74 Å². The van der Waals surface area contributed by atoms with Crippen LogP contribution >= 0.6 is 0 Å². The first-order valence-corrected chi connectivity index (χ1v) is 3.73. The standard InChI is InChI=1S/C8H16N2O/c1-8(2,6-9)7-10-4-5-11-3/h10H,4-5,7H2,1-3H3. The lowest BCUT2D eigenvalue weighted by Gasteiger charge is -2.15. The van der Waals surface area contributed by atoms with Gasteiger partial charge in [0, 0.05) is 20.2 Å². The highest BCUT2D eigenvalue weighted by Crippen LogP contribution is 2.09. The lowest BCUT2D eigenvalue weighted by atomic mass is 9.96. The number of methoxy groups -OCH3 is 1. The molecule has 3 heteroatoms. The average Bonchev–Trinajstić information content (AvgIpc) is 1.99. The van der Waals surface area contributed by atoms with Crippen molar-refractivity contribution in [2.75, 3.05) is 26.8 Å². The van der Waals surface area contributed by atoms with Crippen molar-refractivity contribution in [2.24, 2.45) is 5.41 Å². The highest BCUT2D eigenvalue weighted by molar-refractivity contribution is 4.93. The highest BCUT2D eigenvalue weighted by Gasteiger charge is 2.14. The molecule has 0 fully saturated rings. The van der Waals surface area contributed by atoms with Crippen LogP contribution in [0.4, 0.5) is 0 Å². The lowest BCUT2D eigenvalue weighted by Crippen LogP contribution is -2.30. The molecule has 0 radical (unpaired) electrons. The maximum Gasteiger partial charge on any atom is 0.0697 e. The molecule has 11 heavy (non-hydrogen) atoms. The molecule has 0 aromatic carbocycles. The van der Waals surface area contributed by atoms with Crippen molar-refractivity contribution < 1.29 is 4.74 Å². The van der Waals surface area contributed by atoms with Gasteiger partial charge in [-0.2, -0.15) is 5.26 Å². The smallest absolute Gasteiger partial charge is 0.0697 e. The number of nitrogens with one attached hydrogen (secondary N) is 1. The van der Waals surface area contributed by atoms with Crippen LogP contribution in [-0.4, -0.2) is 26.8 Å². The van der Waals surface area contributed by atoms with E-state index in [-0.39, 0.29) is 5.41 Å². The molecule has 0 aromatic heterocycles.